The Hall–Kier alpha value is -2.18. The van der Waals surface area contributed by atoms with E-state index in [1.54, 1.807) is 0 Å². The number of nitrogens with zero attached hydrogens (tertiary/aromatic N) is 2. The number of nitro groups is 1. The van der Waals surface area contributed by atoms with Gasteiger partial charge in [0.1, 0.15) is 11.9 Å². The Balaban J connectivity index is 2.11. The molecule has 0 amide bonds. The summed E-state index contributed by atoms with van der Waals surface area (Å²) in [7, 11) is 0. The summed E-state index contributed by atoms with van der Waals surface area (Å²) in [4.78, 5) is 25.1. The largest absolute Gasteiger partial charge is 0.481 e. The third-order valence-corrected chi connectivity index (χ3v) is 3.38. The number of aliphatic carboxylic acids is 1. The van der Waals surface area contributed by atoms with Crippen LogP contribution in [-0.2, 0) is 4.79 Å². The molecule has 0 atom stereocenters. The molecule has 1 aromatic rings. The molecule has 1 saturated carbocycles. The molecule has 0 bridgehead atoms. The molecule has 7 nitrogen and oxygen atoms in total. The summed E-state index contributed by atoms with van der Waals surface area (Å²) in [5.41, 5.74) is -0.614. The first-order chi connectivity index (χ1) is 8.55. The van der Waals surface area contributed by atoms with E-state index < -0.39 is 16.3 Å². The van der Waals surface area contributed by atoms with Gasteiger partial charge in [0.2, 0.25) is 0 Å². The van der Waals surface area contributed by atoms with Crippen molar-refractivity contribution in [2.24, 2.45) is 5.41 Å². The fourth-order valence-electron chi connectivity index (χ4n) is 2.02. The zero-order chi connectivity index (χ0) is 13.2. The maximum Gasteiger partial charge on any atom is 0.311 e. The van der Waals surface area contributed by atoms with Crippen molar-refractivity contribution >= 4 is 17.3 Å². The van der Waals surface area contributed by atoms with E-state index in [1.807, 2.05) is 0 Å². The van der Waals surface area contributed by atoms with Crippen LogP contribution in [0, 0.1) is 15.5 Å². The van der Waals surface area contributed by atoms with E-state index in [0.29, 0.717) is 18.5 Å². The number of anilines is 1. The number of carboxylic acids is 1. The smallest absolute Gasteiger partial charge is 0.311 e. The second kappa shape index (κ2) is 4.59. The van der Waals surface area contributed by atoms with E-state index in [1.165, 1.54) is 12.3 Å². The first-order valence-corrected chi connectivity index (χ1v) is 5.61. The summed E-state index contributed by atoms with van der Waals surface area (Å²) in [6.45, 7) is 0.202. The molecular formula is C11H13N3O4. The Morgan fingerprint density at radius 3 is 2.83 bits per heavy atom. The van der Waals surface area contributed by atoms with E-state index in [0.717, 1.165) is 12.6 Å². The molecule has 2 rings (SSSR count). The number of aromatic nitrogens is 1. The Labute approximate surface area is 103 Å². The monoisotopic (exact) mass is 251 g/mol. The van der Waals surface area contributed by atoms with Crippen molar-refractivity contribution in [1.82, 2.24) is 4.98 Å². The van der Waals surface area contributed by atoms with Crippen LogP contribution in [0.25, 0.3) is 0 Å². The molecule has 0 aromatic carbocycles. The lowest BCUT2D eigenvalue weighted by Crippen LogP contribution is -2.43. The first-order valence-electron chi connectivity index (χ1n) is 5.61. The highest BCUT2D eigenvalue weighted by Crippen LogP contribution is 2.41. The summed E-state index contributed by atoms with van der Waals surface area (Å²) >= 11 is 0. The molecule has 1 aliphatic rings. The van der Waals surface area contributed by atoms with Gasteiger partial charge in [-0.25, -0.2) is 0 Å². The Kier molecular flexibility index (Phi) is 3.14. The molecule has 1 fully saturated rings. The Bertz CT molecular complexity index is 485. The number of hydrogen-bond acceptors (Lipinski definition) is 5. The lowest BCUT2D eigenvalue weighted by atomic mass is 9.69. The van der Waals surface area contributed by atoms with Gasteiger partial charge in [0.05, 0.1) is 10.3 Å². The van der Waals surface area contributed by atoms with E-state index in [4.69, 9.17) is 5.11 Å². The molecule has 2 N–H and O–H groups in total. The van der Waals surface area contributed by atoms with Crippen molar-refractivity contribution in [3.8, 4) is 0 Å². The molecule has 0 saturated heterocycles. The second-order valence-corrected chi connectivity index (χ2v) is 4.44. The van der Waals surface area contributed by atoms with Gasteiger partial charge in [-0.2, -0.15) is 0 Å². The second-order valence-electron chi connectivity index (χ2n) is 4.44. The highest BCUT2D eigenvalue weighted by Gasteiger charge is 2.44. The molecule has 1 aromatic heterocycles. The topological polar surface area (TPSA) is 105 Å². The van der Waals surface area contributed by atoms with E-state index in [2.05, 4.69) is 10.3 Å². The molecule has 96 valence electrons. The summed E-state index contributed by atoms with van der Waals surface area (Å²) in [5.74, 6) is -0.849. The predicted octanol–water partition coefficient (Wildman–Crippen LogP) is 1.66. The van der Waals surface area contributed by atoms with Crippen molar-refractivity contribution in [2.75, 3.05) is 11.9 Å². The van der Waals surface area contributed by atoms with Gasteiger partial charge in [-0.1, -0.05) is 6.42 Å². The highest BCUT2D eigenvalue weighted by molar-refractivity contribution is 5.77. The zero-order valence-electron chi connectivity index (χ0n) is 9.63. The van der Waals surface area contributed by atoms with Crippen LogP contribution < -0.4 is 5.32 Å². The summed E-state index contributed by atoms with van der Waals surface area (Å²) < 4.78 is 0. The van der Waals surface area contributed by atoms with Crippen LogP contribution >= 0.6 is 0 Å². The number of hydrogen-bond donors (Lipinski definition) is 2. The van der Waals surface area contributed by atoms with Crippen LogP contribution in [-0.4, -0.2) is 27.5 Å². The fourth-order valence-corrected chi connectivity index (χ4v) is 2.02. The number of rotatable bonds is 5. The molecule has 1 heterocycles. The molecule has 18 heavy (non-hydrogen) atoms. The van der Waals surface area contributed by atoms with Gasteiger partial charge in [0.15, 0.2) is 0 Å². The number of carboxylic acid groups (broad SMARTS) is 1. The van der Waals surface area contributed by atoms with Crippen molar-refractivity contribution in [1.29, 1.82) is 0 Å². The fraction of sp³-hybridized carbons (Fsp3) is 0.455. The van der Waals surface area contributed by atoms with Crippen LogP contribution in [0.5, 0.6) is 0 Å². The number of nitrogens with one attached hydrogen (secondary N) is 1. The predicted molar refractivity (Wildman–Crippen MR) is 63.3 cm³/mol. The summed E-state index contributed by atoms with van der Waals surface area (Å²) in [5, 5.41) is 22.8. The van der Waals surface area contributed by atoms with Gasteiger partial charge < -0.3 is 10.4 Å². The summed E-state index contributed by atoms with van der Waals surface area (Å²) in [6, 6.07) is 1.48. The maximum atomic E-state index is 11.2. The Morgan fingerprint density at radius 1 is 1.61 bits per heavy atom. The number of carbonyl (C=O) groups is 1. The van der Waals surface area contributed by atoms with Gasteiger partial charge in [-0.3, -0.25) is 19.9 Å². The van der Waals surface area contributed by atoms with E-state index in [-0.39, 0.29) is 12.2 Å². The Morgan fingerprint density at radius 2 is 2.33 bits per heavy atom. The third kappa shape index (κ3) is 2.11. The molecule has 0 aliphatic heterocycles. The minimum atomic E-state index is -0.849. The van der Waals surface area contributed by atoms with Crippen LogP contribution in [0.3, 0.4) is 0 Å². The van der Waals surface area contributed by atoms with Crippen molar-refractivity contribution in [3.05, 3.63) is 28.6 Å². The van der Waals surface area contributed by atoms with Gasteiger partial charge >= 0.3 is 11.7 Å². The SMILES string of the molecule is O=C(O)C1(CNc2ccncc2[N+](=O)[O-])CCC1. The van der Waals surface area contributed by atoms with Crippen molar-refractivity contribution < 1.29 is 14.8 Å². The van der Waals surface area contributed by atoms with Crippen molar-refractivity contribution in [3.63, 3.8) is 0 Å². The minimum absolute atomic E-state index is 0.141. The average molecular weight is 251 g/mol. The lowest BCUT2D eigenvalue weighted by Gasteiger charge is -2.37. The zero-order valence-corrected chi connectivity index (χ0v) is 9.63. The molecule has 1 aliphatic carbocycles. The molecular weight excluding hydrogens is 238 g/mol. The van der Waals surface area contributed by atoms with Crippen molar-refractivity contribution in [2.45, 2.75) is 19.3 Å². The third-order valence-electron chi connectivity index (χ3n) is 3.38. The van der Waals surface area contributed by atoms with Gasteiger partial charge in [-0.05, 0) is 18.9 Å². The average Bonchev–Trinajstić information content (AvgIpc) is 2.27. The highest BCUT2D eigenvalue weighted by atomic mass is 16.6. The minimum Gasteiger partial charge on any atom is -0.481 e. The number of pyridine rings is 1. The van der Waals surface area contributed by atoms with Crippen LogP contribution in [0.15, 0.2) is 18.5 Å². The molecule has 0 spiro atoms. The standard InChI is InChI=1S/C11H13N3O4/c15-10(16)11(3-1-4-11)7-13-8-2-5-12-6-9(8)14(17)18/h2,5-6H,1,3-4,7H2,(H,12,13)(H,15,16). The van der Waals surface area contributed by atoms with Crippen LogP contribution in [0.1, 0.15) is 19.3 Å². The van der Waals surface area contributed by atoms with Gasteiger partial charge in [-0.15, -0.1) is 0 Å². The van der Waals surface area contributed by atoms with Gasteiger partial charge in [0, 0.05) is 12.7 Å². The van der Waals surface area contributed by atoms with E-state index >= 15 is 0 Å². The normalized spacial score (nSPS) is 16.7. The van der Waals surface area contributed by atoms with Crippen LogP contribution in [0.2, 0.25) is 0 Å². The van der Waals surface area contributed by atoms with Crippen LogP contribution in [0.4, 0.5) is 11.4 Å². The summed E-state index contributed by atoms with van der Waals surface area (Å²) in [6.07, 6.45) is 4.68. The molecule has 0 unspecified atom stereocenters. The van der Waals surface area contributed by atoms with E-state index in [9.17, 15) is 14.9 Å². The van der Waals surface area contributed by atoms with Gasteiger partial charge in [0.25, 0.3) is 0 Å². The maximum absolute atomic E-state index is 11.2. The lowest BCUT2D eigenvalue weighted by molar-refractivity contribution is -0.384. The molecule has 7 heteroatoms. The quantitative estimate of drug-likeness (QED) is 0.609. The molecule has 0 radical (unpaired) electrons. The first kappa shape index (κ1) is 12.3.